The minimum atomic E-state index is -0.436. The fraction of sp³-hybridized carbons (Fsp3) is 0.250. The largest absolute Gasteiger partial charge is 0.364 e. The molecule has 7 nitrogen and oxygen atoms in total. The molecule has 4 rings (SSSR count). The van der Waals surface area contributed by atoms with E-state index in [4.69, 9.17) is 4.74 Å². The molecular weight excluding hydrogens is 409 g/mol. The summed E-state index contributed by atoms with van der Waals surface area (Å²) in [5, 5.41) is 13.6. The zero-order valence-electron chi connectivity index (χ0n) is 17.9. The van der Waals surface area contributed by atoms with Gasteiger partial charge in [0.25, 0.3) is 5.56 Å². The molecule has 0 aliphatic rings. The zero-order valence-corrected chi connectivity index (χ0v) is 17.9. The van der Waals surface area contributed by atoms with Crippen LogP contribution in [0.4, 0.5) is 4.39 Å². The van der Waals surface area contributed by atoms with Gasteiger partial charge in [0.2, 0.25) is 5.78 Å². The van der Waals surface area contributed by atoms with Crippen LogP contribution in [0.15, 0.2) is 53.6 Å². The third-order valence-electron chi connectivity index (χ3n) is 5.40. The van der Waals surface area contributed by atoms with Crippen molar-refractivity contribution in [3.63, 3.8) is 0 Å². The van der Waals surface area contributed by atoms with Gasteiger partial charge in [0.05, 0.1) is 17.3 Å². The molecule has 0 spiro atoms. The van der Waals surface area contributed by atoms with E-state index in [1.165, 1.54) is 24.1 Å². The maximum atomic E-state index is 15.2. The Labute approximate surface area is 184 Å². The van der Waals surface area contributed by atoms with Crippen molar-refractivity contribution in [2.24, 2.45) is 0 Å². The smallest absolute Gasteiger partial charge is 0.260 e. The highest BCUT2D eigenvalue weighted by atomic mass is 19.1. The summed E-state index contributed by atoms with van der Waals surface area (Å²) in [6.07, 6.45) is 2.90. The van der Waals surface area contributed by atoms with E-state index in [0.717, 1.165) is 12.1 Å². The Balaban J connectivity index is 1.81. The quantitative estimate of drug-likeness (QED) is 0.445. The minimum Gasteiger partial charge on any atom is -0.364 e. The fourth-order valence-electron chi connectivity index (χ4n) is 3.91. The van der Waals surface area contributed by atoms with Gasteiger partial charge in [0.1, 0.15) is 18.9 Å². The molecule has 32 heavy (non-hydrogen) atoms. The summed E-state index contributed by atoms with van der Waals surface area (Å²) in [5.41, 5.74) is 3.06. The topological polar surface area (TPSA) is 85.2 Å². The van der Waals surface area contributed by atoms with Crippen molar-refractivity contribution in [2.75, 3.05) is 7.11 Å². The molecule has 4 aromatic rings. The normalized spacial score (nSPS) is 11.1. The van der Waals surface area contributed by atoms with E-state index in [9.17, 15) is 10.1 Å². The second-order valence-electron chi connectivity index (χ2n) is 7.44. The standard InChI is InChI=1S/C24H22FN5O2/c1-3-6-22-20(23(31)29(15-32-2)24-27-14-28-30(22)24)11-17-10-9-16(12-21(17)25)19-8-5-4-7-18(19)13-26/h4-5,7-10,12,14H,3,6,11,15H2,1-2H3. The number of nitriles is 1. The fourth-order valence-corrected chi connectivity index (χ4v) is 3.91. The molecule has 0 radical (unpaired) electrons. The molecule has 8 heteroatoms. The molecule has 0 aliphatic carbocycles. The number of halogens is 1. The summed E-state index contributed by atoms with van der Waals surface area (Å²) in [6, 6.07) is 14.1. The van der Waals surface area contributed by atoms with E-state index in [1.54, 1.807) is 34.8 Å². The van der Waals surface area contributed by atoms with E-state index in [2.05, 4.69) is 16.2 Å². The average Bonchev–Trinajstić information content (AvgIpc) is 3.29. The van der Waals surface area contributed by atoms with Crippen LogP contribution in [0.25, 0.3) is 16.9 Å². The molecule has 2 aromatic heterocycles. The van der Waals surface area contributed by atoms with Crippen LogP contribution in [0.5, 0.6) is 0 Å². The maximum absolute atomic E-state index is 15.2. The highest BCUT2D eigenvalue weighted by Crippen LogP contribution is 2.26. The number of fused-ring (bicyclic) bond motifs is 1. The van der Waals surface area contributed by atoms with E-state index in [0.29, 0.717) is 40.0 Å². The van der Waals surface area contributed by atoms with Crippen LogP contribution in [0.2, 0.25) is 0 Å². The summed E-state index contributed by atoms with van der Waals surface area (Å²) in [5.74, 6) is -0.0398. The molecule has 162 valence electrons. The van der Waals surface area contributed by atoms with Crippen LogP contribution < -0.4 is 5.56 Å². The Bertz CT molecular complexity index is 1380. The first-order valence-corrected chi connectivity index (χ1v) is 10.3. The predicted octanol–water partition coefficient (Wildman–Crippen LogP) is 3.72. The molecule has 2 aromatic carbocycles. The van der Waals surface area contributed by atoms with Gasteiger partial charge in [-0.2, -0.15) is 15.3 Å². The number of hydrogen-bond acceptors (Lipinski definition) is 5. The first-order valence-electron chi connectivity index (χ1n) is 10.3. The van der Waals surface area contributed by atoms with Crippen molar-refractivity contribution >= 4 is 5.78 Å². The van der Waals surface area contributed by atoms with E-state index >= 15 is 4.39 Å². The van der Waals surface area contributed by atoms with Crippen molar-refractivity contribution in [3.05, 3.63) is 87.3 Å². The van der Waals surface area contributed by atoms with Gasteiger partial charge in [-0.05, 0) is 35.2 Å². The first kappa shape index (κ1) is 21.4. The number of aryl methyl sites for hydroxylation is 1. The van der Waals surface area contributed by atoms with Crippen molar-refractivity contribution < 1.29 is 9.13 Å². The summed E-state index contributed by atoms with van der Waals surface area (Å²) in [4.78, 5) is 17.5. The van der Waals surface area contributed by atoms with Crippen molar-refractivity contribution in [1.29, 1.82) is 5.26 Å². The number of ether oxygens (including phenoxy) is 1. The SMILES string of the molecule is CCCc1c(Cc2ccc(-c3ccccc3C#N)cc2F)c(=O)n(COC)c2ncnn12. The van der Waals surface area contributed by atoms with Gasteiger partial charge in [-0.1, -0.05) is 43.7 Å². The van der Waals surface area contributed by atoms with Gasteiger partial charge >= 0.3 is 0 Å². The molecule has 0 atom stereocenters. The molecular formula is C24H22FN5O2. The Morgan fingerprint density at radius 1 is 1.22 bits per heavy atom. The molecule has 0 aliphatic heterocycles. The number of methoxy groups -OCH3 is 1. The lowest BCUT2D eigenvalue weighted by molar-refractivity contribution is 0.130. The number of benzene rings is 2. The lowest BCUT2D eigenvalue weighted by atomic mass is 9.96. The molecule has 2 heterocycles. The number of hydrogen-bond donors (Lipinski definition) is 0. The third kappa shape index (κ3) is 3.79. The van der Waals surface area contributed by atoms with Gasteiger partial charge in [-0.25, -0.2) is 8.91 Å². The summed E-state index contributed by atoms with van der Waals surface area (Å²) in [7, 11) is 1.50. The Kier molecular flexibility index (Phi) is 6.10. The van der Waals surface area contributed by atoms with Crippen LogP contribution in [-0.2, 0) is 24.3 Å². The summed E-state index contributed by atoms with van der Waals surface area (Å²) in [6.45, 7) is 2.03. The van der Waals surface area contributed by atoms with E-state index in [-0.39, 0.29) is 18.7 Å². The number of aromatic nitrogens is 4. The van der Waals surface area contributed by atoms with Crippen LogP contribution >= 0.6 is 0 Å². The van der Waals surface area contributed by atoms with Gasteiger partial charge < -0.3 is 4.74 Å². The van der Waals surface area contributed by atoms with Gasteiger partial charge in [0.15, 0.2) is 0 Å². The molecule has 0 saturated carbocycles. The van der Waals surface area contributed by atoms with Crippen molar-refractivity contribution in [2.45, 2.75) is 32.9 Å². The van der Waals surface area contributed by atoms with Gasteiger partial charge in [-0.15, -0.1) is 0 Å². The Morgan fingerprint density at radius 3 is 2.75 bits per heavy atom. The first-order chi connectivity index (χ1) is 15.6. The van der Waals surface area contributed by atoms with Crippen molar-refractivity contribution in [3.8, 4) is 17.2 Å². The zero-order chi connectivity index (χ0) is 22.7. The Hall–Kier alpha value is -3.83. The third-order valence-corrected chi connectivity index (χ3v) is 5.40. The Morgan fingerprint density at radius 2 is 2.03 bits per heavy atom. The summed E-state index contributed by atoms with van der Waals surface area (Å²) < 4.78 is 23.4. The highest BCUT2D eigenvalue weighted by Gasteiger charge is 2.20. The molecule has 0 bridgehead atoms. The molecule has 0 unspecified atom stereocenters. The average molecular weight is 431 g/mol. The van der Waals surface area contributed by atoms with Crippen LogP contribution in [0, 0.1) is 17.1 Å². The van der Waals surface area contributed by atoms with Gasteiger partial charge in [0, 0.05) is 19.1 Å². The molecule has 0 amide bonds. The monoisotopic (exact) mass is 431 g/mol. The summed E-state index contributed by atoms with van der Waals surface area (Å²) >= 11 is 0. The second kappa shape index (κ2) is 9.12. The predicted molar refractivity (Wildman–Crippen MR) is 118 cm³/mol. The minimum absolute atomic E-state index is 0.0206. The lowest BCUT2D eigenvalue weighted by Gasteiger charge is -2.15. The van der Waals surface area contributed by atoms with Gasteiger partial charge in [-0.3, -0.25) is 9.36 Å². The highest BCUT2D eigenvalue weighted by molar-refractivity contribution is 5.70. The molecule has 0 fully saturated rings. The van der Waals surface area contributed by atoms with Crippen LogP contribution in [0.1, 0.15) is 35.7 Å². The molecule has 0 N–H and O–H groups in total. The number of nitrogens with zero attached hydrogens (tertiary/aromatic N) is 5. The lowest BCUT2D eigenvalue weighted by Crippen LogP contribution is -2.30. The van der Waals surface area contributed by atoms with Crippen molar-refractivity contribution in [1.82, 2.24) is 19.2 Å². The van der Waals surface area contributed by atoms with E-state index in [1.807, 2.05) is 13.0 Å². The number of rotatable bonds is 7. The van der Waals surface area contributed by atoms with E-state index < -0.39 is 5.82 Å². The maximum Gasteiger partial charge on any atom is 0.260 e. The van der Waals surface area contributed by atoms with Crippen LogP contribution in [0.3, 0.4) is 0 Å². The van der Waals surface area contributed by atoms with Crippen LogP contribution in [-0.4, -0.2) is 26.3 Å². The molecule has 0 saturated heterocycles. The second-order valence-corrected chi connectivity index (χ2v) is 7.44.